The largest absolute Gasteiger partial charge is 0.497 e. The van der Waals surface area contributed by atoms with Gasteiger partial charge >= 0.3 is 0 Å². The third kappa shape index (κ3) is 5.68. The van der Waals surface area contributed by atoms with Gasteiger partial charge in [-0.3, -0.25) is 20.4 Å². The van der Waals surface area contributed by atoms with E-state index >= 15 is 0 Å². The molecule has 1 aliphatic rings. The SMILES string of the molecule is COc1ccc(-c2cnc(CCC(=O)NNC(=O)c3sc(N4CCOCC4)nc3C)o2)cc1. The zero-order chi connectivity index (χ0) is 23.2. The second-order valence-corrected chi connectivity index (χ2v) is 8.34. The van der Waals surface area contributed by atoms with Crippen LogP contribution in [0.3, 0.4) is 0 Å². The number of rotatable bonds is 7. The summed E-state index contributed by atoms with van der Waals surface area (Å²) in [5.41, 5.74) is 6.39. The molecule has 174 valence electrons. The van der Waals surface area contributed by atoms with Gasteiger partial charge in [-0.2, -0.15) is 0 Å². The van der Waals surface area contributed by atoms with Gasteiger partial charge in [0, 0.05) is 31.5 Å². The lowest BCUT2D eigenvalue weighted by Gasteiger charge is -2.25. The van der Waals surface area contributed by atoms with Gasteiger partial charge < -0.3 is 18.8 Å². The van der Waals surface area contributed by atoms with Crippen LogP contribution in [0.25, 0.3) is 11.3 Å². The van der Waals surface area contributed by atoms with Crippen LogP contribution in [0.15, 0.2) is 34.9 Å². The number of ether oxygens (including phenoxy) is 2. The van der Waals surface area contributed by atoms with Gasteiger partial charge in [0.2, 0.25) is 5.91 Å². The van der Waals surface area contributed by atoms with Gasteiger partial charge in [0.05, 0.1) is 32.2 Å². The number of carbonyl (C=O) groups is 2. The standard InChI is InChI=1S/C22H25N5O5S/c1-14-20(33-22(24-14)27-9-11-31-12-10-27)21(29)26-25-18(28)7-8-19-23-13-17(32-19)15-3-5-16(30-2)6-4-15/h3-6,13H,7-12H2,1-2H3,(H,25,28)(H,26,29). The Morgan fingerprint density at radius 1 is 1.18 bits per heavy atom. The Bertz CT molecular complexity index is 1100. The number of amides is 2. The Morgan fingerprint density at radius 2 is 1.94 bits per heavy atom. The maximum atomic E-state index is 12.5. The van der Waals surface area contributed by atoms with Crippen molar-refractivity contribution in [3.63, 3.8) is 0 Å². The predicted molar refractivity (Wildman–Crippen MR) is 122 cm³/mol. The number of thiazole rings is 1. The highest BCUT2D eigenvalue weighted by atomic mass is 32.1. The number of methoxy groups -OCH3 is 1. The summed E-state index contributed by atoms with van der Waals surface area (Å²) in [4.78, 5) is 36.0. The molecule has 2 aromatic heterocycles. The third-order valence-electron chi connectivity index (χ3n) is 5.08. The van der Waals surface area contributed by atoms with E-state index in [-0.39, 0.29) is 12.3 Å². The quantitative estimate of drug-likeness (QED) is 0.504. The second-order valence-electron chi connectivity index (χ2n) is 7.36. The first-order chi connectivity index (χ1) is 16.0. The van der Waals surface area contributed by atoms with Crippen molar-refractivity contribution in [2.24, 2.45) is 0 Å². The minimum atomic E-state index is -0.393. The molecule has 11 heteroatoms. The van der Waals surface area contributed by atoms with Crippen LogP contribution in [-0.2, 0) is 16.0 Å². The van der Waals surface area contributed by atoms with Gasteiger partial charge in [-0.15, -0.1) is 0 Å². The van der Waals surface area contributed by atoms with Gasteiger partial charge in [-0.25, -0.2) is 9.97 Å². The summed E-state index contributed by atoms with van der Waals surface area (Å²) in [6.07, 6.45) is 2.04. The molecule has 4 rings (SSSR count). The van der Waals surface area contributed by atoms with Crippen LogP contribution in [0.4, 0.5) is 5.13 Å². The van der Waals surface area contributed by atoms with Gasteiger partial charge in [0.25, 0.3) is 5.91 Å². The van der Waals surface area contributed by atoms with E-state index in [9.17, 15) is 9.59 Å². The Labute approximate surface area is 194 Å². The topological polar surface area (TPSA) is 119 Å². The molecule has 3 heterocycles. The van der Waals surface area contributed by atoms with Crippen LogP contribution in [0.5, 0.6) is 5.75 Å². The Morgan fingerprint density at radius 3 is 2.67 bits per heavy atom. The molecule has 0 aliphatic carbocycles. The van der Waals surface area contributed by atoms with Crippen LogP contribution >= 0.6 is 11.3 Å². The maximum Gasteiger partial charge on any atom is 0.281 e. The summed E-state index contributed by atoms with van der Waals surface area (Å²) in [5, 5.41) is 0.781. The molecular weight excluding hydrogens is 446 g/mol. The molecule has 0 saturated carbocycles. The summed E-state index contributed by atoms with van der Waals surface area (Å²) < 4.78 is 16.2. The predicted octanol–water partition coefficient (Wildman–Crippen LogP) is 2.35. The summed E-state index contributed by atoms with van der Waals surface area (Å²) in [6.45, 7) is 4.54. The number of hydrogen-bond donors (Lipinski definition) is 2. The third-order valence-corrected chi connectivity index (χ3v) is 6.30. The Balaban J connectivity index is 1.25. The molecule has 2 amide bonds. The number of nitrogens with zero attached hydrogens (tertiary/aromatic N) is 3. The van der Waals surface area contributed by atoms with E-state index in [4.69, 9.17) is 13.9 Å². The van der Waals surface area contributed by atoms with Crippen LogP contribution in [0, 0.1) is 6.92 Å². The molecule has 33 heavy (non-hydrogen) atoms. The summed E-state index contributed by atoms with van der Waals surface area (Å²) in [6, 6.07) is 7.42. The van der Waals surface area contributed by atoms with Gasteiger partial charge in [-0.05, 0) is 31.2 Å². The fourth-order valence-corrected chi connectivity index (χ4v) is 4.28. The van der Waals surface area contributed by atoms with Crippen LogP contribution in [0.1, 0.15) is 27.7 Å². The molecule has 1 aliphatic heterocycles. The van der Waals surface area contributed by atoms with Crippen molar-refractivity contribution < 1.29 is 23.5 Å². The van der Waals surface area contributed by atoms with Crippen molar-refractivity contribution in [3.05, 3.63) is 46.9 Å². The summed E-state index contributed by atoms with van der Waals surface area (Å²) in [7, 11) is 1.61. The van der Waals surface area contributed by atoms with Crippen molar-refractivity contribution in [3.8, 4) is 17.1 Å². The first-order valence-electron chi connectivity index (χ1n) is 10.5. The normalized spacial score (nSPS) is 13.6. The molecule has 2 N–H and O–H groups in total. The minimum Gasteiger partial charge on any atom is -0.497 e. The molecule has 0 radical (unpaired) electrons. The minimum absolute atomic E-state index is 0.115. The molecule has 0 spiro atoms. The monoisotopic (exact) mass is 471 g/mol. The Hall–Kier alpha value is -3.44. The van der Waals surface area contributed by atoms with Gasteiger partial charge in [0.1, 0.15) is 10.6 Å². The summed E-state index contributed by atoms with van der Waals surface area (Å²) in [5.74, 6) is 1.07. The van der Waals surface area contributed by atoms with Crippen molar-refractivity contribution in [2.75, 3.05) is 38.3 Å². The lowest BCUT2D eigenvalue weighted by atomic mass is 10.2. The second kappa shape index (κ2) is 10.5. The number of oxazole rings is 1. The van der Waals surface area contributed by atoms with E-state index in [0.29, 0.717) is 41.9 Å². The Kier molecular flexibility index (Phi) is 7.20. The van der Waals surface area contributed by atoms with Crippen molar-refractivity contribution in [1.82, 2.24) is 20.8 Å². The molecule has 3 aromatic rings. The van der Waals surface area contributed by atoms with E-state index < -0.39 is 5.91 Å². The van der Waals surface area contributed by atoms with Crippen LogP contribution in [0.2, 0.25) is 0 Å². The molecule has 0 unspecified atom stereocenters. The highest BCUT2D eigenvalue weighted by molar-refractivity contribution is 7.17. The molecule has 10 nitrogen and oxygen atoms in total. The number of aromatic nitrogens is 2. The molecule has 0 bridgehead atoms. The van der Waals surface area contributed by atoms with E-state index in [1.807, 2.05) is 24.3 Å². The number of nitrogens with one attached hydrogen (secondary N) is 2. The first kappa shape index (κ1) is 22.7. The molecule has 0 atom stereocenters. The number of benzene rings is 1. The van der Waals surface area contributed by atoms with E-state index in [1.165, 1.54) is 11.3 Å². The maximum absolute atomic E-state index is 12.5. The van der Waals surface area contributed by atoms with Crippen LogP contribution < -0.4 is 20.5 Å². The zero-order valence-corrected chi connectivity index (χ0v) is 19.2. The number of morpholine rings is 1. The molecule has 1 fully saturated rings. The first-order valence-corrected chi connectivity index (χ1v) is 11.3. The number of aryl methyl sites for hydroxylation is 2. The lowest BCUT2D eigenvalue weighted by Crippen LogP contribution is -2.41. The van der Waals surface area contributed by atoms with E-state index in [2.05, 4.69) is 25.7 Å². The highest BCUT2D eigenvalue weighted by Gasteiger charge is 2.21. The van der Waals surface area contributed by atoms with Crippen LogP contribution in [-0.4, -0.2) is 55.2 Å². The zero-order valence-electron chi connectivity index (χ0n) is 18.4. The highest BCUT2D eigenvalue weighted by Crippen LogP contribution is 2.26. The molecular formula is C22H25N5O5S. The lowest BCUT2D eigenvalue weighted by molar-refractivity contribution is -0.121. The molecule has 1 aromatic carbocycles. The number of carbonyl (C=O) groups excluding carboxylic acids is 2. The number of hydrogen-bond acceptors (Lipinski definition) is 9. The van der Waals surface area contributed by atoms with E-state index in [1.54, 1.807) is 20.2 Å². The average molecular weight is 472 g/mol. The van der Waals surface area contributed by atoms with Crippen molar-refractivity contribution >= 4 is 28.3 Å². The molecule has 1 saturated heterocycles. The number of hydrazine groups is 1. The van der Waals surface area contributed by atoms with Crippen molar-refractivity contribution in [2.45, 2.75) is 19.8 Å². The smallest absolute Gasteiger partial charge is 0.281 e. The summed E-state index contributed by atoms with van der Waals surface area (Å²) >= 11 is 1.30. The number of anilines is 1. The average Bonchev–Trinajstić information content (AvgIpc) is 3.49. The fraction of sp³-hybridized carbons (Fsp3) is 0.364. The fourth-order valence-electron chi connectivity index (χ4n) is 3.26. The van der Waals surface area contributed by atoms with Gasteiger partial charge in [0.15, 0.2) is 16.8 Å². The van der Waals surface area contributed by atoms with Gasteiger partial charge in [-0.1, -0.05) is 11.3 Å². The van der Waals surface area contributed by atoms with E-state index in [0.717, 1.165) is 29.5 Å². The van der Waals surface area contributed by atoms with Crippen molar-refractivity contribution in [1.29, 1.82) is 0 Å².